The molecule has 0 aromatic heterocycles. The lowest BCUT2D eigenvalue weighted by Crippen LogP contribution is -2.17. The standard InChI is InChI=1S/C15H21BrO2/c1-11(2)6-5-8-13(15(17)18)10-12-7-3-4-9-14(12)16/h3-4,7,9,11,13H,5-6,8,10H2,1-2H3,(H,17,18). The topological polar surface area (TPSA) is 37.3 Å². The zero-order valence-electron chi connectivity index (χ0n) is 11.0. The zero-order valence-corrected chi connectivity index (χ0v) is 12.6. The van der Waals surface area contributed by atoms with Gasteiger partial charge in [0.1, 0.15) is 0 Å². The SMILES string of the molecule is CC(C)CCCC(Cc1ccccc1Br)C(=O)O. The minimum absolute atomic E-state index is 0.276. The van der Waals surface area contributed by atoms with Crippen LogP contribution in [0, 0.1) is 11.8 Å². The maximum Gasteiger partial charge on any atom is 0.306 e. The van der Waals surface area contributed by atoms with Gasteiger partial charge in [0, 0.05) is 4.47 Å². The number of rotatable bonds is 7. The van der Waals surface area contributed by atoms with Crippen molar-refractivity contribution >= 4 is 21.9 Å². The summed E-state index contributed by atoms with van der Waals surface area (Å²) in [7, 11) is 0. The van der Waals surface area contributed by atoms with Gasteiger partial charge in [-0.1, -0.05) is 60.8 Å². The molecule has 0 bridgehead atoms. The molecule has 0 fully saturated rings. The van der Waals surface area contributed by atoms with Gasteiger partial charge in [0.15, 0.2) is 0 Å². The number of carbonyl (C=O) groups is 1. The number of carboxylic acid groups (broad SMARTS) is 1. The third-order valence-electron chi connectivity index (χ3n) is 3.11. The molecular formula is C15H21BrO2. The first-order valence-corrected chi connectivity index (χ1v) is 7.26. The summed E-state index contributed by atoms with van der Waals surface area (Å²) >= 11 is 3.47. The molecule has 0 aliphatic rings. The molecule has 0 spiro atoms. The highest BCUT2D eigenvalue weighted by atomic mass is 79.9. The molecule has 0 heterocycles. The van der Waals surface area contributed by atoms with Crippen LogP contribution in [-0.4, -0.2) is 11.1 Å². The molecule has 0 saturated heterocycles. The first kappa shape index (κ1) is 15.2. The lowest BCUT2D eigenvalue weighted by molar-refractivity contribution is -0.142. The van der Waals surface area contributed by atoms with Gasteiger partial charge in [-0.05, 0) is 30.4 Å². The van der Waals surface area contributed by atoms with Crippen molar-refractivity contribution in [1.29, 1.82) is 0 Å². The molecule has 1 aromatic carbocycles. The van der Waals surface area contributed by atoms with Crippen molar-refractivity contribution in [2.75, 3.05) is 0 Å². The molecule has 1 N–H and O–H groups in total. The maximum absolute atomic E-state index is 11.3. The van der Waals surface area contributed by atoms with E-state index >= 15 is 0 Å². The average Bonchev–Trinajstić information content (AvgIpc) is 2.29. The van der Waals surface area contributed by atoms with Gasteiger partial charge >= 0.3 is 5.97 Å². The smallest absolute Gasteiger partial charge is 0.306 e. The average molecular weight is 313 g/mol. The molecule has 100 valence electrons. The minimum Gasteiger partial charge on any atom is -0.481 e. The Hall–Kier alpha value is -0.830. The summed E-state index contributed by atoms with van der Waals surface area (Å²) in [6.45, 7) is 4.34. The van der Waals surface area contributed by atoms with Gasteiger partial charge in [0.25, 0.3) is 0 Å². The van der Waals surface area contributed by atoms with E-state index in [0.29, 0.717) is 12.3 Å². The highest BCUT2D eigenvalue weighted by Gasteiger charge is 2.18. The van der Waals surface area contributed by atoms with Gasteiger partial charge in [-0.3, -0.25) is 4.79 Å². The summed E-state index contributed by atoms with van der Waals surface area (Å²) in [4.78, 5) is 11.3. The first-order chi connectivity index (χ1) is 8.50. The molecule has 0 aliphatic heterocycles. The van der Waals surface area contributed by atoms with Crippen LogP contribution in [0.5, 0.6) is 0 Å². The quantitative estimate of drug-likeness (QED) is 0.803. The molecule has 0 saturated carbocycles. The van der Waals surface area contributed by atoms with E-state index in [9.17, 15) is 9.90 Å². The Morgan fingerprint density at radius 1 is 1.28 bits per heavy atom. The van der Waals surface area contributed by atoms with Crippen molar-refractivity contribution < 1.29 is 9.90 Å². The van der Waals surface area contributed by atoms with Crippen molar-refractivity contribution in [2.45, 2.75) is 39.5 Å². The van der Waals surface area contributed by atoms with Crippen LogP contribution in [0.3, 0.4) is 0 Å². The minimum atomic E-state index is -0.686. The fraction of sp³-hybridized carbons (Fsp3) is 0.533. The van der Waals surface area contributed by atoms with E-state index in [-0.39, 0.29) is 5.92 Å². The van der Waals surface area contributed by atoms with Crippen LogP contribution in [-0.2, 0) is 11.2 Å². The van der Waals surface area contributed by atoms with Gasteiger partial charge in [0.05, 0.1) is 5.92 Å². The molecule has 1 unspecified atom stereocenters. The molecule has 2 nitrogen and oxygen atoms in total. The second kappa shape index (κ2) is 7.57. The molecule has 0 aliphatic carbocycles. The Kier molecular flexibility index (Phi) is 6.41. The Morgan fingerprint density at radius 2 is 1.94 bits per heavy atom. The molecular weight excluding hydrogens is 292 g/mol. The highest BCUT2D eigenvalue weighted by molar-refractivity contribution is 9.10. The van der Waals surface area contributed by atoms with E-state index in [0.717, 1.165) is 29.3 Å². The van der Waals surface area contributed by atoms with Crippen molar-refractivity contribution in [3.05, 3.63) is 34.3 Å². The number of carboxylic acids is 1. The molecule has 1 rings (SSSR count). The van der Waals surface area contributed by atoms with Crippen LogP contribution >= 0.6 is 15.9 Å². The van der Waals surface area contributed by atoms with E-state index < -0.39 is 5.97 Å². The number of aliphatic carboxylic acids is 1. The van der Waals surface area contributed by atoms with Gasteiger partial charge < -0.3 is 5.11 Å². The van der Waals surface area contributed by atoms with Crippen LogP contribution < -0.4 is 0 Å². The number of benzene rings is 1. The van der Waals surface area contributed by atoms with Gasteiger partial charge in [0.2, 0.25) is 0 Å². The van der Waals surface area contributed by atoms with Gasteiger partial charge in [-0.25, -0.2) is 0 Å². The Morgan fingerprint density at radius 3 is 2.50 bits per heavy atom. The second-order valence-corrected chi connectivity index (χ2v) is 6.01. The van der Waals surface area contributed by atoms with E-state index in [4.69, 9.17) is 0 Å². The number of hydrogen-bond acceptors (Lipinski definition) is 1. The third kappa shape index (κ3) is 5.21. The van der Waals surface area contributed by atoms with Crippen molar-refractivity contribution in [3.63, 3.8) is 0 Å². The molecule has 0 radical (unpaired) electrons. The lowest BCUT2D eigenvalue weighted by Gasteiger charge is -2.14. The molecule has 18 heavy (non-hydrogen) atoms. The predicted molar refractivity (Wildman–Crippen MR) is 77.7 cm³/mol. The molecule has 1 atom stereocenters. The van der Waals surface area contributed by atoms with E-state index in [2.05, 4.69) is 29.8 Å². The van der Waals surface area contributed by atoms with Crippen molar-refractivity contribution in [2.24, 2.45) is 11.8 Å². The summed E-state index contributed by atoms with van der Waals surface area (Å²) in [6.07, 6.45) is 3.45. The lowest BCUT2D eigenvalue weighted by atomic mass is 9.92. The van der Waals surface area contributed by atoms with Crippen LogP contribution in [0.1, 0.15) is 38.7 Å². The highest BCUT2D eigenvalue weighted by Crippen LogP contribution is 2.23. The van der Waals surface area contributed by atoms with Crippen molar-refractivity contribution in [1.82, 2.24) is 0 Å². The summed E-state index contributed by atoms with van der Waals surface area (Å²) in [5.74, 6) is -0.320. The predicted octanol–water partition coefficient (Wildman–Crippen LogP) is 4.52. The van der Waals surface area contributed by atoms with Gasteiger partial charge in [-0.15, -0.1) is 0 Å². The van der Waals surface area contributed by atoms with Crippen LogP contribution in [0.25, 0.3) is 0 Å². The largest absolute Gasteiger partial charge is 0.481 e. The second-order valence-electron chi connectivity index (χ2n) is 5.16. The Balaban J connectivity index is 2.58. The fourth-order valence-electron chi connectivity index (χ4n) is 2.01. The summed E-state index contributed by atoms with van der Waals surface area (Å²) in [6, 6.07) is 7.85. The monoisotopic (exact) mass is 312 g/mol. The van der Waals surface area contributed by atoms with Crippen molar-refractivity contribution in [3.8, 4) is 0 Å². The van der Waals surface area contributed by atoms with Gasteiger partial charge in [-0.2, -0.15) is 0 Å². The molecule has 0 amide bonds. The Bertz CT molecular complexity index is 388. The number of halogens is 1. The third-order valence-corrected chi connectivity index (χ3v) is 3.88. The van der Waals surface area contributed by atoms with E-state index in [1.807, 2.05) is 24.3 Å². The summed E-state index contributed by atoms with van der Waals surface area (Å²) in [5.41, 5.74) is 1.08. The summed E-state index contributed by atoms with van der Waals surface area (Å²) in [5, 5.41) is 9.28. The van der Waals surface area contributed by atoms with Crippen LogP contribution in [0.4, 0.5) is 0 Å². The fourth-order valence-corrected chi connectivity index (χ4v) is 2.46. The Labute approximate surface area is 118 Å². The van der Waals surface area contributed by atoms with Crippen LogP contribution in [0.15, 0.2) is 28.7 Å². The van der Waals surface area contributed by atoms with Crippen LogP contribution in [0.2, 0.25) is 0 Å². The normalized spacial score (nSPS) is 12.7. The molecule has 1 aromatic rings. The first-order valence-electron chi connectivity index (χ1n) is 6.47. The maximum atomic E-state index is 11.3. The number of hydrogen-bond donors (Lipinski definition) is 1. The summed E-state index contributed by atoms with van der Waals surface area (Å²) < 4.78 is 1.00. The zero-order chi connectivity index (χ0) is 13.5. The molecule has 3 heteroatoms. The van der Waals surface area contributed by atoms with E-state index in [1.54, 1.807) is 0 Å². The van der Waals surface area contributed by atoms with E-state index in [1.165, 1.54) is 0 Å².